The molecular formula is C19H16ClFN4O4. The minimum atomic E-state index is -1.08. The number of carboxylic acid groups (broad SMARTS) is 1. The van der Waals surface area contributed by atoms with Gasteiger partial charge in [-0.25, -0.2) is 14.2 Å². The maximum atomic E-state index is 13.4. The van der Waals surface area contributed by atoms with Gasteiger partial charge in [-0.3, -0.25) is 14.5 Å². The molecular weight excluding hydrogens is 403 g/mol. The van der Waals surface area contributed by atoms with Crippen molar-refractivity contribution in [2.45, 2.75) is 19.4 Å². The highest BCUT2D eigenvalue weighted by Gasteiger charge is 2.20. The number of aromatic nitrogens is 4. The number of nitrogens with zero attached hydrogens (tertiary/aromatic N) is 4. The van der Waals surface area contributed by atoms with Crippen LogP contribution in [-0.4, -0.2) is 36.8 Å². The highest BCUT2D eigenvalue weighted by atomic mass is 35.5. The van der Waals surface area contributed by atoms with Crippen molar-refractivity contribution in [3.05, 3.63) is 64.6 Å². The lowest BCUT2D eigenvalue weighted by Gasteiger charge is -2.15. The standard InChI is InChI=1S/C19H16ClFN4O4/c1-10(13-5-12(21)8-23-18(13)20)29-17(26)6-16-14(9-24-25(16)2)15-4-3-11(7-22-15)19(27)28/h3-5,7-10H,6H2,1-2H3,(H,27,28)/t10-/m1/s1. The molecule has 3 aromatic rings. The van der Waals surface area contributed by atoms with E-state index in [1.807, 2.05) is 0 Å². The number of ether oxygens (including phenoxy) is 1. The quantitative estimate of drug-likeness (QED) is 0.483. The van der Waals surface area contributed by atoms with E-state index in [9.17, 15) is 14.0 Å². The molecule has 0 aliphatic heterocycles. The van der Waals surface area contributed by atoms with Crippen LogP contribution in [0.2, 0.25) is 5.15 Å². The summed E-state index contributed by atoms with van der Waals surface area (Å²) in [4.78, 5) is 31.3. The largest absolute Gasteiger partial charge is 0.478 e. The maximum Gasteiger partial charge on any atom is 0.337 e. The number of hydrogen-bond acceptors (Lipinski definition) is 6. The highest BCUT2D eigenvalue weighted by Crippen LogP contribution is 2.26. The number of rotatable bonds is 6. The lowest BCUT2D eigenvalue weighted by Crippen LogP contribution is -2.15. The van der Waals surface area contributed by atoms with Crippen LogP contribution < -0.4 is 0 Å². The Bertz CT molecular complexity index is 1070. The Balaban J connectivity index is 1.78. The van der Waals surface area contributed by atoms with Gasteiger partial charge in [0.2, 0.25) is 0 Å². The van der Waals surface area contributed by atoms with Gasteiger partial charge in [0.15, 0.2) is 0 Å². The van der Waals surface area contributed by atoms with Gasteiger partial charge in [-0.05, 0) is 25.1 Å². The Morgan fingerprint density at radius 3 is 2.69 bits per heavy atom. The van der Waals surface area contributed by atoms with E-state index < -0.39 is 23.9 Å². The zero-order valence-corrected chi connectivity index (χ0v) is 16.2. The summed E-state index contributed by atoms with van der Waals surface area (Å²) in [7, 11) is 1.66. The molecule has 0 saturated heterocycles. The molecule has 0 aliphatic carbocycles. The summed E-state index contributed by atoms with van der Waals surface area (Å²) in [6.07, 6.45) is 2.81. The van der Waals surface area contributed by atoms with Gasteiger partial charge in [0.05, 0.1) is 35.8 Å². The molecule has 29 heavy (non-hydrogen) atoms. The zero-order valence-electron chi connectivity index (χ0n) is 15.5. The lowest BCUT2D eigenvalue weighted by atomic mass is 10.1. The first-order valence-electron chi connectivity index (χ1n) is 8.47. The maximum absolute atomic E-state index is 13.4. The molecule has 3 heterocycles. The molecule has 8 nitrogen and oxygen atoms in total. The Hall–Kier alpha value is -3.33. The van der Waals surface area contributed by atoms with Gasteiger partial charge in [0.1, 0.15) is 17.1 Å². The van der Waals surface area contributed by atoms with Crippen LogP contribution in [0.5, 0.6) is 0 Å². The van der Waals surface area contributed by atoms with Crippen molar-refractivity contribution in [1.29, 1.82) is 0 Å². The zero-order chi connectivity index (χ0) is 21.1. The molecule has 3 aromatic heterocycles. The van der Waals surface area contributed by atoms with E-state index in [1.54, 1.807) is 14.0 Å². The molecule has 0 unspecified atom stereocenters. The van der Waals surface area contributed by atoms with Crippen molar-refractivity contribution in [3.8, 4) is 11.3 Å². The van der Waals surface area contributed by atoms with E-state index >= 15 is 0 Å². The van der Waals surface area contributed by atoms with Gasteiger partial charge in [-0.15, -0.1) is 0 Å². The summed E-state index contributed by atoms with van der Waals surface area (Å²) < 4.78 is 20.3. The molecule has 1 atom stereocenters. The average molecular weight is 419 g/mol. The molecule has 0 aliphatic rings. The minimum absolute atomic E-state index is 0.0491. The van der Waals surface area contributed by atoms with Gasteiger partial charge >= 0.3 is 11.9 Å². The van der Waals surface area contributed by atoms with E-state index in [-0.39, 0.29) is 22.7 Å². The molecule has 0 amide bonds. The summed E-state index contributed by atoms with van der Waals surface area (Å²) in [5, 5.41) is 13.2. The van der Waals surface area contributed by atoms with Crippen molar-refractivity contribution >= 4 is 23.5 Å². The number of hydrogen-bond donors (Lipinski definition) is 1. The van der Waals surface area contributed by atoms with Crippen LogP contribution in [0.4, 0.5) is 4.39 Å². The van der Waals surface area contributed by atoms with Gasteiger partial charge in [0, 0.05) is 24.4 Å². The third-order valence-electron chi connectivity index (χ3n) is 4.24. The Labute approximate surface area is 169 Å². The molecule has 0 bridgehead atoms. The highest BCUT2D eigenvalue weighted by molar-refractivity contribution is 6.30. The fourth-order valence-electron chi connectivity index (χ4n) is 2.73. The number of carbonyl (C=O) groups excluding carboxylic acids is 1. The second kappa shape index (κ2) is 8.36. The Morgan fingerprint density at radius 2 is 2.03 bits per heavy atom. The first kappa shape index (κ1) is 20.4. The fraction of sp³-hybridized carbons (Fsp3) is 0.211. The molecule has 10 heteroatoms. The van der Waals surface area contributed by atoms with E-state index in [4.69, 9.17) is 21.4 Å². The van der Waals surface area contributed by atoms with Gasteiger partial charge < -0.3 is 9.84 Å². The van der Waals surface area contributed by atoms with Crippen LogP contribution in [0, 0.1) is 5.82 Å². The van der Waals surface area contributed by atoms with Crippen molar-refractivity contribution in [2.75, 3.05) is 0 Å². The van der Waals surface area contributed by atoms with Crippen molar-refractivity contribution < 1.29 is 23.8 Å². The number of carbonyl (C=O) groups is 2. The molecule has 0 fully saturated rings. The predicted molar refractivity (Wildman–Crippen MR) is 101 cm³/mol. The van der Waals surface area contributed by atoms with Gasteiger partial charge in [-0.1, -0.05) is 11.6 Å². The smallest absolute Gasteiger partial charge is 0.337 e. The normalized spacial score (nSPS) is 11.9. The first-order chi connectivity index (χ1) is 13.8. The molecule has 150 valence electrons. The Morgan fingerprint density at radius 1 is 1.28 bits per heavy atom. The van der Waals surface area contributed by atoms with Crippen LogP contribution in [0.3, 0.4) is 0 Å². The monoisotopic (exact) mass is 418 g/mol. The van der Waals surface area contributed by atoms with E-state index in [0.29, 0.717) is 17.0 Å². The SMILES string of the molecule is C[C@@H](OC(=O)Cc1c(-c2ccc(C(=O)O)cn2)cnn1C)c1cc(F)cnc1Cl. The number of aryl methyl sites for hydroxylation is 1. The lowest BCUT2D eigenvalue weighted by molar-refractivity contribution is -0.147. The number of halogens is 2. The van der Waals surface area contributed by atoms with E-state index in [1.165, 1.54) is 29.2 Å². The predicted octanol–water partition coefficient (Wildman–Crippen LogP) is 3.21. The van der Waals surface area contributed by atoms with Crippen LogP contribution in [0.1, 0.15) is 34.6 Å². The second-order valence-corrected chi connectivity index (χ2v) is 6.57. The number of aromatic carboxylic acids is 1. The third kappa shape index (κ3) is 4.57. The van der Waals surface area contributed by atoms with Crippen LogP contribution in [0.25, 0.3) is 11.3 Å². The van der Waals surface area contributed by atoms with E-state index in [2.05, 4.69) is 15.1 Å². The van der Waals surface area contributed by atoms with Crippen LogP contribution in [-0.2, 0) is 23.0 Å². The van der Waals surface area contributed by atoms with Gasteiger partial charge in [0.25, 0.3) is 0 Å². The molecule has 0 radical (unpaired) electrons. The second-order valence-electron chi connectivity index (χ2n) is 6.21. The van der Waals surface area contributed by atoms with E-state index in [0.717, 1.165) is 12.3 Å². The molecule has 0 spiro atoms. The summed E-state index contributed by atoms with van der Waals surface area (Å²) in [5.41, 5.74) is 1.88. The third-order valence-corrected chi connectivity index (χ3v) is 4.55. The minimum Gasteiger partial charge on any atom is -0.478 e. The fourth-order valence-corrected chi connectivity index (χ4v) is 2.99. The topological polar surface area (TPSA) is 107 Å². The summed E-state index contributed by atoms with van der Waals surface area (Å²) in [6.45, 7) is 1.57. The summed E-state index contributed by atoms with van der Waals surface area (Å²) in [6, 6.07) is 4.12. The van der Waals surface area contributed by atoms with Crippen molar-refractivity contribution in [3.63, 3.8) is 0 Å². The summed E-state index contributed by atoms with van der Waals surface area (Å²) in [5.74, 6) is -2.25. The summed E-state index contributed by atoms with van der Waals surface area (Å²) >= 11 is 5.95. The number of esters is 1. The van der Waals surface area contributed by atoms with Crippen molar-refractivity contribution in [1.82, 2.24) is 19.7 Å². The average Bonchev–Trinajstić information content (AvgIpc) is 3.04. The first-order valence-corrected chi connectivity index (χ1v) is 8.85. The number of carboxylic acids is 1. The molecule has 3 rings (SSSR count). The molecule has 0 aromatic carbocycles. The Kier molecular flexibility index (Phi) is 5.88. The van der Waals surface area contributed by atoms with Gasteiger partial charge in [-0.2, -0.15) is 5.10 Å². The van der Waals surface area contributed by atoms with Crippen LogP contribution >= 0.6 is 11.6 Å². The molecule has 1 N–H and O–H groups in total. The number of pyridine rings is 2. The van der Waals surface area contributed by atoms with Crippen LogP contribution in [0.15, 0.2) is 36.8 Å². The molecule has 0 saturated carbocycles. The van der Waals surface area contributed by atoms with Crippen molar-refractivity contribution in [2.24, 2.45) is 7.05 Å².